The Morgan fingerprint density at radius 1 is 1.31 bits per heavy atom. The van der Waals surface area contributed by atoms with E-state index in [1.807, 2.05) is 17.5 Å². The van der Waals surface area contributed by atoms with Crippen LogP contribution in [0.15, 0.2) is 35.8 Å². The highest BCUT2D eigenvalue weighted by Gasteiger charge is 2.16. The number of hydrogen-bond donors (Lipinski definition) is 2. The lowest BCUT2D eigenvalue weighted by molar-refractivity contribution is -0.117. The molecule has 0 radical (unpaired) electrons. The molecule has 2 aromatic rings. The van der Waals surface area contributed by atoms with Gasteiger partial charge in [0, 0.05) is 11.1 Å². The van der Waals surface area contributed by atoms with Crippen molar-refractivity contribution in [2.24, 2.45) is 0 Å². The highest BCUT2D eigenvalue weighted by atomic mass is 32.1. The number of Topliss-reactive ketones (excluding diaryl/α,β-unsaturated/α-hetero) is 1. The van der Waals surface area contributed by atoms with Gasteiger partial charge in [-0.25, -0.2) is 0 Å². The van der Waals surface area contributed by atoms with E-state index in [4.69, 9.17) is 0 Å². The van der Waals surface area contributed by atoms with Crippen molar-refractivity contribution in [1.82, 2.24) is 10.3 Å². The quantitative estimate of drug-likeness (QED) is 0.623. The third-order valence-corrected chi connectivity index (χ3v) is 2.93. The molecule has 0 unspecified atom stereocenters. The predicted molar refractivity (Wildman–Crippen MR) is 61.3 cm³/mol. The number of ketones is 1. The minimum atomic E-state index is -0.587. The lowest BCUT2D eigenvalue weighted by Gasteiger charge is -2.01. The third-order valence-electron chi connectivity index (χ3n) is 2.05. The van der Waals surface area contributed by atoms with Crippen LogP contribution in [0.2, 0.25) is 0 Å². The van der Waals surface area contributed by atoms with Gasteiger partial charge in [-0.05, 0) is 23.6 Å². The van der Waals surface area contributed by atoms with Crippen LogP contribution < -0.4 is 5.32 Å². The Morgan fingerprint density at radius 3 is 2.81 bits per heavy atom. The maximum Gasteiger partial charge on any atom is 0.294 e. The van der Waals surface area contributed by atoms with E-state index in [-0.39, 0.29) is 0 Å². The van der Waals surface area contributed by atoms with Gasteiger partial charge in [0.25, 0.3) is 11.7 Å². The first-order chi connectivity index (χ1) is 7.77. The summed E-state index contributed by atoms with van der Waals surface area (Å²) in [7, 11) is 0. The average molecular weight is 234 g/mol. The largest absolute Gasteiger partial charge is 0.358 e. The lowest BCUT2D eigenvalue weighted by atomic mass is 10.2. The normalized spacial score (nSPS) is 10.0. The molecule has 0 aliphatic heterocycles. The summed E-state index contributed by atoms with van der Waals surface area (Å²) in [4.78, 5) is 26.7. The van der Waals surface area contributed by atoms with E-state index in [9.17, 15) is 9.59 Å². The van der Waals surface area contributed by atoms with Crippen molar-refractivity contribution in [3.8, 4) is 0 Å². The van der Waals surface area contributed by atoms with Gasteiger partial charge in [0.15, 0.2) is 0 Å². The zero-order chi connectivity index (χ0) is 11.4. The van der Waals surface area contributed by atoms with Crippen LogP contribution in [0.3, 0.4) is 0 Å². The van der Waals surface area contributed by atoms with Crippen LogP contribution in [-0.2, 0) is 11.3 Å². The fourth-order valence-electron chi connectivity index (χ4n) is 1.25. The van der Waals surface area contributed by atoms with Gasteiger partial charge in [-0.1, -0.05) is 6.07 Å². The van der Waals surface area contributed by atoms with Crippen molar-refractivity contribution >= 4 is 23.0 Å². The molecule has 0 aliphatic rings. The molecule has 2 aromatic heterocycles. The first-order valence-corrected chi connectivity index (χ1v) is 5.63. The minimum Gasteiger partial charge on any atom is -0.358 e. The maximum atomic E-state index is 11.5. The Kier molecular flexibility index (Phi) is 3.16. The highest BCUT2D eigenvalue weighted by molar-refractivity contribution is 7.09. The van der Waals surface area contributed by atoms with Crippen LogP contribution in [0.25, 0.3) is 0 Å². The van der Waals surface area contributed by atoms with Gasteiger partial charge in [-0.15, -0.1) is 11.3 Å². The maximum absolute atomic E-state index is 11.5. The molecule has 5 heteroatoms. The van der Waals surface area contributed by atoms with Crippen molar-refractivity contribution in [3.05, 3.63) is 46.4 Å². The van der Waals surface area contributed by atoms with E-state index >= 15 is 0 Å². The molecule has 2 rings (SSSR count). The van der Waals surface area contributed by atoms with Crippen molar-refractivity contribution in [1.29, 1.82) is 0 Å². The van der Waals surface area contributed by atoms with Crippen molar-refractivity contribution in [2.45, 2.75) is 6.54 Å². The van der Waals surface area contributed by atoms with Crippen LogP contribution in [0.5, 0.6) is 0 Å². The summed E-state index contributed by atoms with van der Waals surface area (Å²) in [6, 6.07) is 7.07. The van der Waals surface area contributed by atoms with E-state index in [1.165, 1.54) is 0 Å². The third kappa shape index (κ3) is 2.38. The molecule has 0 saturated heterocycles. The molecule has 0 fully saturated rings. The number of carbonyl (C=O) groups excluding carboxylic acids is 2. The second-order valence-corrected chi connectivity index (χ2v) is 4.21. The Bertz CT molecular complexity index is 474. The van der Waals surface area contributed by atoms with E-state index in [1.54, 1.807) is 29.7 Å². The molecule has 4 nitrogen and oxygen atoms in total. The standard InChI is InChI=1S/C11H10N2O2S/c14-10(9-4-1-5-12-9)11(15)13-7-8-3-2-6-16-8/h1-6,12H,7H2,(H,13,15). The first kappa shape index (κ1) is 10.6. The fourth-order valence-corrected chi connectivity index (χ4v) is 1.90. The number of aromatic amines is 1. The molecule has 0 saturated carbocycles. The lowest BCUT2D eigenvalue weighted by Crippen LogP contribution is -2.30. The average Bonchev–Trinajstić information content (AvgIpc) is 2.96. The zero-order valence-electron chi connectivity index (χ0n) is 8.40. The minimum absolute atomic E-state index is 0.309. The molecule has 0 bridgehead atoms. The number of nitrogens with one attached hydrogen (secondary N) is 2. The van der Waals surface area contributed by atoms with Crippen molar-refractivity contribution < 1.29 is 9.59 Å². The summed E-state index contributed by atoms with van der Waals surface area (Å²) in [6.45, 7) is 0.392. The van der Waals surface area contributed by atoms with E-state index in [0.29, 0.717) is 12.2 Å². The topological polar surface area (TPSA) is 62.0 Å². The molecule has 0 spiro atoms. The number of carbonyl (C=O) groups is 2. The van der Waals surface area contributed by atoms with E-state index in [2.05, 4.69) is 10.3 Å². The SMILES string of the molecule is O=C(NCc1cccs1)C(=O)c1ccc[nH]1. The predicted octanol–water partition coefficient (Wildman–Crippen LogP) is 1.58. The molecule has 2 N–H and O–H groups in total. The van der Waals surface area contributed by atoms with Crippen LogP contribution in [0.4, 0.5) is 0 Å². The molecule has 0 aromatic carbocycles. The molecular weight excluding hydrogens is 224 g/mol. The second-order valence-electron chi connectivity index (χ2n) is 3.17. The van der Waals surface area contributed by atoms with Crippen molar-refractivity contribution in [3.63, 3.8) is 0 Å². The molecular formula is C11H10N2O2S. The van der Waals surface area contributed by atoms with Gasteiger partial charge in [0.1, 0.15) is 0 Å². The number of aromatic nitrogens is 1. The van der Waals surface area contributed by atoms with Gasteiger partial charge >= 0.3 is 0 Å². The number of amides is 1. The van der Waals surface area contributed by atoms with Gasteiger partial charge < -0.3 is 10.3 Å². The summed E-state index contributed by atoms with van der Waals surface area (Å²) in [5.74, 6) is -1.13. The molecule has 0 aliphatic carbocycles. The molecule has 0 atom stereocenters. The first-order valence-electron chi connectivity index (χ1n) is 4.75. The summed E-state index contributed by atoms with van der Waals surface area (Å²) in [5, 5.41) is 4.50. The number of hydrogen-bond acceptors (Lipinski definition) is 3. The van der Waals surface area contributed by atoms with E-state index in [0.717, 1.165) is 4.88 Å². The Balaban J connectivity index is 1.91. The number of rotatable bonds is 4. The molecule has 82 valence electrons. The van der Waals surface area contributed by atoms with Crippen molar-refractivity contribution in [2.75, 3.05) is 0 Å². The number of thiophene rings is 1. The van der Waals surface area contributed by atoms with Crippen LogP contribution in [0, 0.1) is 0 Å². The smallest absolute Gasteiger partial charge is 0.294 e. The second kappa shape index (κ2) is 4.76. The van der Waals surface area contributed by atoms with Crippen LogP contribution >= 0.6 is 11.3 Å². The van der Waals surface area contributed by atoms with E-state index < -0.39 is 11.7 Å². The monoisotopic (exact) mass is 234 g/mol. The Labute approximate surface area is 96.3 Å². The van der Waals surface area contributed by atoms with Crippen LogP contribution in [0.1, 0.15) is 15.4 Å². The van der Waals surface area contributed by atoms with Gasteiger partial charge in [0.2, 0.25) is 0 Å². The van der Waals surface area contributed by atoms with Gasteiger partial charge in [-0.3, -0.25) is 9.59 Å². The van der Waals surface area contributed by atoms with Crippen LogP contribution in [-0.4, -0.2) is 16.7 Å². The molecule has 16 heavy (non-hydrogen) atoms. The fraction of sp³-hybridized carbons (Fsp3) is 0.0909. The zero-order valence-corrected chi connectivity index (χ0v) is 9.21. The molecule has 1 amide bonds. The van der Waals surface area contributed by atoms with Gasteiger partial charge in [0.05, 0.1) is 12.2 Å². The number of H-pyrrole nitrogens is 1. The summed E-state index contributed by atoms with van der Waals surface area (Å²) in [5.41, 5.74) is 0.309. The summed E-state index contributed by atoms with van der Waals surface area (Å²) in [6.07, 6.45) is 1.61. The molecule has 2 heterocycles. The highest BCUT2D eigenvalue weighted by Crippen LogP contribution is 2.07. The summed E-state index contributed by atoms with van der Waals surface area (Å²) >= 11 is 1.54. The Morgan fingerprint density at radius 2 is 2.19 bits per heavy atom. The summed E-state index contributed by atoms with van der Waals surface area (Å²) < 4.78 is 0. The van der Waals surface area contributed by atoms with Gasteiger partial charge in [-0.2, -0.15) is 0 Å². The Hall–Kier alpha value is -1.88.